The fraction of sp³-hybridized carbons (Fsp3) is 0.0455. The Balaban J connectivity index is 0.000000162. The smallest absolute Gasteiger partial charge is 0.271 e. The van der Waals surface area contributed by atoms with E-state index in [1.807, 2.05) is 79.7 Å². The summed E-state index contributed by atoms with van der Waals surface area (Å²) in [5, 5.41) is 11.1. The zero-order valence-electron chi connectivity index (χ0n) is 15.5. The molecule has 0 aliphatic rings. The number of hydrogen-bond donors (Lipinski definition) is 2. The molecule has 1 heterocycles. The molecule has 0 saturated carbocycles. The van der Waals surface area contributed by atoms with Gasteiger partial charge in [-0.05, 0) is 55.5 Å². The standard InChI is InChI=1S/C12H11N3.C10H10N2O/c13-10-6-8-12(9-7-10)15-14-11-4-2-1-3-5-11;1-8-7-10(13)12(11-8)9-5-3-2-4-6-9/h1-9H,13H2;2-7,11H,1H3/b15-14+;. The summed E-state index contributed by atoms with van der Waals surface area (Å²) in [6.45, 7) is 1.86. The molecule has 0 aliphatic heterocycles. The molecule has 0 spiro atoms. The Morgan fingerprint density at radius 1 is 0.786 bits per heavy atom. The van der Waals surface area contributed by atoms with Gasteiger partial charge in [0.25, 0.3) is 5.56 Å². The van der Waals surface area contributed by atoms with Crippen LogP contribution in [0.15, 0.2) is 106 Å². The lowest BCUT2D eigenvalue weighted by Crippen LogP contribution is -2.12. The Hall–Kier alpha value is -3.93. The predicted octanol–water partition coefficient (Wildman–Crippen LogP) is 5.16. The highest BCUT2D eigenvalue weighted by molar-refractivity contribution is 5.48. The van der Waals surface area contributed by atoms with Gasteiger partial charge in [-0.15, -0.1) is 0 Å². The molecule has 0 unspecified atom stereocenters. The minimum atomic E-state index is -0.0244. The Morgan fingerprint density at radius 2 is 1.32 bits per heavy atom. The van der Waals surface area contributed by atoms with Gasteiger partial charge in [0.15, 0.2) is 0 Å². The number of aryl methyl sites for hydroxylation is 1. The average Bonchev–Trinajstić information content (AvgIpc) is 3.07. The molecule has 0 aliphatic carbocycles. The van der Waals surface area contributed by atoms with Gasteiger partial charge in [-0.1, -0.05) is 36.4 Å². The van der Waals surface area contributed by atoms with Crippen molar-refractivity contribution >= 4 is 17.1 Å². The highest BCUT2D eigenvalue weighted by Crippen LogP contribution is 2.18. The molecule has 0 saturated heterocycles. The zero-order valence-corrected chi connectivity index (χ0v) is 15.5. The van der Waals surface area contributed by atoms with Crippen molar-refractivity contribution in [2.24, 2.45) is 10.2 Å². The molecule has 0 atom stereocenters. The van der Waals surface area contributed by atoms with Gasteiger partial charge >= 0.3 is 0 Å². The van der Waals surface area contributed by atoms with E-state index < -0.39 is 0 Å². The van der Waals surface area contributed by atoms with Crippen molar-refractivity contribution in [3.8, 4) is 5.69 Å². The largest absolute Gasteiger partial charge is 0.399 e. The van der Waals surface area contributed by atoms with Crippen LogP contribution in [0.25, 0.3) is 5.69 Å². The molecule has 140 valence electrons. The van der Waals surface area contributed by atoms with Gasteiger partial charge in [0, 0.05) is 17.4 Å². The topological polar surface area (TPSA) is 88.5 Å². The number of hydrogen-bond acceptors (Lipinski definition) is 4. The van der Waals surface area contributed by atoms with E-state index in [0.29, 0.717) is 0 Å². The summed E-state index contributed by atoms with van der Waals surface area (Å²) in [6, 6.07) is 28.0. The van der Waals surface area contributed by atoms with E-state index in [1.165, 1.54) is 4.68 Å². The predicted molar refractivity (Wildman–Crippen MR) is 113 cm³/mol. The van der Waals surface area contributed by atoms with Gasteiger partial charge in [0.05, 0.1) is 17.1 Å². The lowest BCUT2D eigenvalue weighted by molar-refractivity contribution is 0.835. The molecule has 4 aromatic rings. The van der Waals surface area contributed by atoms with E-state index >= 15 is 0 Å². The molecule has 28 heavy (non-hydrogen) atoms. The van der Waals surface area contributed by atoms with E-state index in [9.17, 15) is 4.79 Å². The number of rotatable bonds is 3. The molecule has 4 rings (SSSR count). The summed E-state index contributed by atoms with van der Waals surface area (Å²) in [7, 11) is 0. The van der Waals surface area contributed by atoms with Crippen LogP contribution >= 0.6 is 0 Å². The third-order valence-corrected chi connectivity index (χ3v) is 3.79. The number of aromatic nitrogens is 2. The van der Waals surface area contributed by atoms with Crippen LogP contribution in [0.1, 0.15) is 5.69 Å². The average molecular weight is 371 g/mol. The third-order valence-electron chi connectivity index (χ3n) is 3.79. The van der Waals surface area contributed by atoms with Crippen molar-refractivity contribution in [1.29, 1.82) is 0 Å². The molecular formula is C22H21N5O. The fourth-order valence-corrected chi connectivity index (χ4v) is 2.43. The van der Waals surface area contributed by atoms with Gasteiger partial charge in [-0.2, -0.15) is 10.2 Å². The number of nitrogens with zero attached hydrogens (tertiary/aromatic N) is 3. The number of aromatic amines is 1. The van der Waals surface area contributed by atoms with Gasteiger partial charge in [-0.3, -0.25) is 9.89 Å². The van der Waals surface area contributed by atoms with Gasteiger partial charge in [-0.25, -0.2) is 4.68 Å². The van der Waals surface area contributed by atoms with Crippen LogP contribution < -0.4 is 11.3 Å². The quantitative estimate of drug-likeness (QED) is 0.385. The van der Waals surface area contributed by atoms with Crippen LogP contribution in [0.2, 0.25) is 0 Å². The first-order chi connectivity index (χ1) is 13.6. The van der Waals surface area contributed by atoms with Crippen molar-refractivity contribution in [1.82, 2.24) is 9.78 Å². The minimum absolute atomic E-state index is 0.0244. The summed E-state index contributed by atoms with van der Waals surface area (Å²) >= 11 is 0. The molecular weight excluding hydrogens is 350 g/mol. The number of benzene rings is 3. The van der Waals surface area contributed by atoms with Crippen LogP contribution in [-0.4, -0.2) is 9.78 Å². The molecule has 0 fully saturated rings. The SMILES string of the molecule is Cc1cc(=O)n(-c2ccccc2)[nH]1.Nc1ccc(/N=N/c2ccccc2)cc1. The molecule has 3 aromatic carbocycles. The number of anilines is 1. The summed E-state index contributed by atoms with van der Waals surface area (Å²) in [4.78, 5) is 11.4. The molecule has 0 radical (unpaired) electrons. The normalized spacial score (nSPS) is 10.5. The van der Waals surface area contributed by atoms with Crippen LogP contribution in [0, 0.1) is 6.92 Å². The Bertz CT molecular complexity index is 1080. The minimum Gasteiger partial charge on any atom is -0.399 e. The summed E-state index contributed by atoms with van der Waals surface area (Å²) in [5.41, 5.74) is 9.64. The first-order valence-electron chi connectivity index (χ1n) is 8.78. The van der Waals surface area contributed by atoms with Crippen LogP contribution in [0.4, 0.5) is 17.1 Å². The maximum Gasteiger partial charge on any atom is 0.271 e. The van der Waals surface area contributed by atoms with Crippen molar-refractivity contribution in [2.75, 3.05) is 5.73 Å². The van der Waals surface area contributed by atoms with E-state index in [-0.39, 0.29) is 5.56 Å². The number of H-pyrrole nitrogens is 1. The summed E-state index contributed by atoms with van der Waals surface area (Å²) in [5.74, 6) is 0. The Kier molecular flexibility index (Phi) is 6.15. The van der Waals surface area contributed by atoms with E-state index in [0.717, 1.165) is 28.4 Å². The van der Waals surface area contributed by atoms with Gasteiger partial charge < -0.3 is 5.73 Å². The number of nitrogens with one attached hydrogen (secondary N) is 1. The van der Waals surface area contributed by atoms with Crippen molar-refractivity contribution in [3.05, 3.63) is 107 Å². The molecule has 0 amide bonds. The monoisotopic (exact) mass is 371 g/mol. The number of azo groups is 1. The summed E-state index contributed by atoms with van der Waals surface area (Å²) < 4.78 is 1.52. The zero-order chi connectivity index (χ0) is 19.8. The van der Waals surface area contributed by atoms with Crippen LogP contribution in [0.3, 0.4) is 0 Å². The molecule has 0 bridgehead atoms. The van der Waals surface area contributed by atoms with Crippen molar-refractivity contribution < 1.29 is 0 Å². The van der Waals surface area contributed by atoms with Gasteiger partial charge in [0.1, 0.15) is 0 Å². The molecule has 3 N–H and O–H groups in total. The van der Waals surface area contributed by atoms with Crippen LogP contribution in [0.5, 0.6) is 0 Å². The van der Waals surface area contributed by atoms with Gasteiger partial charge in [0.2, 0.25) is 0 Å². The van der Waals surface area contributed by atoms with E-state index in [4.69, 9.17) is 5.73 Å². The summed E-state index contributed by atoms with van der Waals surface area (Å²) in [6.07, 6.45) is 0. The number of para-hydroxylation sites is 1. The highest BCUT2D eigenvalue weighted by atomic mass is 16.1. The first kappa shape index (κ1) is 18.8. The second-order valence-corrected chi connectivity index (χ2v) is 6.08. The fourth-order valence-electron chi connectivity index (χ4n) is 2.43. The second kappa shape index (κ2) is 9.14. The van der Waals surface area contributed by atoms with Crippen molar-refractivity contribution in [2.45, 2.75) is 6.92 Å². The lowest BCUT2D eigenvalue weighted by Gasteiger charge is -1.99. The first-order valence-corrected chi connectivity index (χ1v) is 8.78. The lowest BCUT2D eigenvalue weighted by atomic mass is 10.3. The second-order valence-electron chi connectivity index (χ2n) is 6.08. The highest BCUT2D eigenvalue weighted by Gasteiger charge is 2.00. The Labute approximate surface area is 163 Å². The molecule has 6 heteroatoms. The number of nitrogen functional groups attached to an aromatic ring is 1. The molecule has 1 aromatic heterocycles. The van der Waals surface area contributed by atoms with E-state index in [1.54, 1.807) is 18.2 Å². The van der Waals surface area contributed by atoms with Crippen molar-refractivity contribution in [3.63, 3.8) is 0 Å². The third kappa shape index (κ3) is 5.28. The Morgan fingerprint density at radius 3 is 1.86 bits per heavy atom. The van der Waals surface area contributed by atoms with Crippen LogP contribution in [-0.2, 0) is 0 Å². The molecule has 6 nitrogen and oxygen atoms in total. The number of nitrogens with two attached hydrogens (primary N) is 1. The maximum absolute atomic E-state index is 11.4. The van der Waals surface area contributed by atoms with E-state index in [2.05, 4.69) is 15.3 Å². The maximum atomic E-state index is 11.4.